The molecule has 2 N–H and O–H groups in total. The fourth-order valence-electron chi connectivity index (χ4n) is 2.34. The summed E-state index contributed by atoms with van der Waals surface area (Å²) in [5.41, 5.74) is 2.86. The molecule has 0 saturated heterocycles. The number of H-pyrrole nitrogens is 1. The first kappa shape index (κ1) is 17.8. The zero-order valence-corrected chi connectivity index (χ0v) is 15.1. The summed E-state index contributed by atoms with van der Waals surface area (Å²) in [6.45, 7) is 0. The minimum absolute atomic E-state index is 0.142. The van der Waals surface area contributed by atoms with Crippen LogP contribution in [0.25, 0.3) is 11.3 Å². The van der Waals surface area contributed by atoms with Crippen molar-refractivity contribution in [2.75, 3.05) is 19.4 Å². The van der Waals surface area contributed by atoms with Gasteiger partial charge < -0.3 is 5.32 Å². The lowest BCUT2D eigenvalue weighted by molar-refractivity contribution is 0.102. The van der Waals surface area contributed by atoms with Crippen molar-refractivity contribution < 1.29 is 13.2 Å². The van der Waals surface area contributed by atoms with Crippen LogP contribution < -0.4 is 5.32 Å². The van der Waals surface area contributed by atoms with E-state index in [4.69, 9.17) is 0 Å². The molecule has 2 aromatic carbocycles. The second kappa shape index (κ2) is 7.11. The van der Waals surface area contributed by atoms with Crippen molar-refractivity contribution in [1.82, 2.24) is 14.5 Å². The van der Waals surface area contributed by atoms with Crippen LogP contribution in [0.2, 0.25) is 0 Å². The molecule has 3 rings (SSSR count). The second-order valence-corrected chi connectivity index (χ2v) is 7.97. The predicted octanol–water partition coefficient (Wildman–Crippen LogP) is 2.58. The van der Waals surface area contributed by atoms with Crippen molar-refractivity contribution in [3.8, 4) is 11.3 Å². The Kier molecular flexibility index (Phi) is 4.88. The SMILES string of the molecule is CN(C)S(=O)(=O)c1ccc(C(=O)Nc2ccc(-c3ccn[nH]3)cc2)cc1. The van der Waals surface area contributed by atoms with Crippen LogP contribution in [0.1, 0.15) is 10.4 Å². The van der Waals surface area contributed by atoms with E-state index in [2.05, 4.69) is 15.5 Å². The maximum atomic E-state index is 12.3. The molecule has 0 spiro atoms. The third kappa shape index (κ3) is 3.66. The molecular weight excluding hydrogens is 352 g/mol. The minimum atomic E-state index is -3.51. The van der Waals surface area contributed by atoms with E-state index < -0.39 is 10.0 Å². The number of sulfonamides is 1. The molecule has 0 saturated carbocycles. The van der Waals surface area contributed by atoms with Gasteiger partial charge in [0.05, 0.1) is 10.6 Å². The number of nitrogens with one attached hydrogen (secondary N) is 2. The van der Waals surface area contributed by atoms with Crippen LogP contribution in [-0.2, 0) is 10.0 Å². The molecule has 26 heavy (non-hydrogen) atoms. The molecule has 1 heterocycles. The number of benzene rings is 2. The summed E-state index contributed by atoms with van der Waals surface area (Å²) in [5, 5.41) is 9.57. The molecule has 0 aliphatic heterocycles. The quantitative estimate of drug-likeness (QED) is 0.722. The molecule has 134 valence electrons. The van der Waals surface area contributed by atoms with Crippen LogP contribution in [-0.4, -0.2) is 42.9 Å². The Bertz CT molecular complexity index is 994. The molecule has 1 amide bonds. The van der Waals surface area contributed by atoms with Crippen molar-refractivity contribution >= 4 is 21.6 Å². The Balaban J connectivity index is 1.72. The van der Waals surface area contributed by atoms with E-state index in [1.54, 1.807) is 18.3 Å². The van der Waals surface area contributed by atoms with E-state index in [0.29, 0.717) is 11.3 Å². The van der Waals surface area contributed by atoms with Gasteiger partial charge in [0.15, 0.2) is 0 Å². The summed E-state index contributed by atoms with van der Waals surface area (Å²) in [7, 11) is -0.589. The number of anilines is 1. The highest BCUT2D eigenvalue weighted by atomic mass is 32.2. The molecule has 0 aliphatic carbocycles. The Hall–Kier alpha value is -2.97. The molecule has 7 nitrogen and oxygen atoms in total. The van der Waals surface area contributed by atoms with E-state index in [-0.39, 0.29) is 10.8 Å². The van der Waals surface area contributed by atoms with E-state index in [0.717, 1.165) is 15.6 Å². The first-order valence-electron chi connectivity index (χ1n) is 7.82. The van der Waals surface area contributed by atoms with Crippen LogP contribution in [0.15, 0.2) is 65.7 Å². The molecule has 3 aromatic rings. The van der Waals surface area contributed by atoms with Gasteiger partial charge in [-0.05, 0) is 48.0 Å². The highest BCUT2D eigenvalue weighted by molar-refractivity contribution is 7.89. The number of aromatic amines is 1. The average Bonchev–Trinajstić information content (AvgIpc) is 3.17. The third-order valence-electron chi connectivity index (χ3n) is 3.85. The lowest BCUT2D eigenvalue weighted by Crippen LogP contribution is -2.22. The number of rotatable bonds is 5. The van der Waals surface area contributed by atoms with Crippen molar-refractivity contribution in [1.29, 1.82) is 0 Å². The van der Waals surface area contributed by atoms with Gasteiger partial charge in [0, 0.05) is 31.5 Å². The van der Waals surface area contributed by atoms with E-state index in [1.165, 1.54) is 38.4 Å². The number of hydrogen-bond donors (Lipinski definition) is 2. The number of aromatic nitrogens is 2. The summed E-state index contributed by atoms with van der Waals surface area (Å²) in [4.78, 5) is 12.5. The van der Waals surface area contributed by atoms with Crippen molar-refractivity contribution in [3.63, 3.8) is 0 Å². The maximum Gasteiger partial charge on any atom is 0.255 e. The second-order valence-electron chi connectivity index (χ2n) is 5.81. The van der Waals surface area contributed by atoms with Crippen molar-refractivity contribution in [3.05, 3.63) is 66.4 Å². The Morgan fingerprint density at radius 3 is 2.19 bits per heavy atom. The zero-order chi connectivity index (χ0) is 18.7. The van der Waals surface area contributed by atoms with Gasteiger partial charge in [-0.3, -0.25) is 9.89 Å². The van der Waals surface area contributed by atoms with Crippen molar-refractivity contribution in [2.24, 2.45) is 0 Å². The monoisotopic (exact) mass is 370 g/mol. The minimum Gasteiger partial charge on any atom is -0.322 e. The lowest BCUT2D eigenvalue weighted by Gasteiger charge is -2.11. The highest BCUT2D eigenvalue weighted by Gasteiger charge is 2.17. The van der Waals surface area contributed by atoms with E-state index >= 15 is 0 Å². The fourth-order valence-corrected chi connectivity index (χ4v) is 3.24. The molecule has 0 aliphatic rings. The fraction of sp³-hybridized carbons (Fsp3) is 0.111. The van der Waals surface area contributed by atoms with Gasteiger partial charge in [0.2, 0.25) is 10.0 Å². The van der Waals surface area contributed by atoms with Gasteiger partial charge in [-0.25, -0.2) is 12.7 Å². The summed E-state index contributed by atoms with van der Waals surface area (Å²) >= 11 is 0. The normalized spacial score (nSPS) is 11.5. The molecule has 0 unspecified atom stereocenters. The van der Waals surface area contributed by atoms with Gasteiger partial charge in [-0.2, -0.15) is 5.10 Å². The third-order valence-corrected chi connectivity index (χ3v) is 5.68. The number of nitrogens with zero attached hydrogens (tertiary/aromatic N) is 2. The summed E-state index contributed by atoms with van der Waals surface area (Å²) in [6, 6.07) is 15.0. The topological polar surface area (TPSA) is 95.2 Å². The molecule has 8 heteroatoms. The largest absolute Gasteiger partial charge is 0.322 e. The molecule has 0 radical (unpaired) electrons. The lowest BCUT2D eigenvalue weighted by atomic mass is 10.1. The predicted molar refractivity (Wildman–Crippen MR) is 99.3 cm³/mol. The smallest absolute Gasteiger partial charge is 0.255 e. The van der Waals surface area contributed by atoms with Gasteiger partial charge in [0.25, 0.3) is 5.91 Å². The number of hydrogen-bond acceptors (Lipinski definition) is 4. The van der Waals surface area contributed by atoms with Gasteiger partial charge >= 0.3 is 0 Å². The first-order chi connectivity index (χ1) is 12.4. The van der Waals surface area contributed by atoms with Crippen LogP contribution in [0, 0.1) is 0 Å². The molecular formula is C18H18N4O3S. The van der Waals surface area contributed by atoms with Gasteiger partial charge in [-0.15, -0.1) is 0 Å². The summed E-state index contributed by atoms with van der Waals surface area (Å²) in [6.07, 6.45) is 1.67. The Morgan fingerprint density at radius 2 is 1.65 bits per heavy atom. The van der Waals surface area contributed by atoms with Crippen LogP contribution in [0.3, 0.4) is 0 Å². The van der Waals surface area contributed by atoms with Crippen LogP contribution >= 0.6 is 0 Å². The van der Waals surface area contributed by atoms with E-state index in [1.807, 2.05) is 18.2 Å². The summed E-state index contributed by atoms with van der Waals surface area (Å²) in [5.74, 6) is -0.312. The molecule has 1 aromatic heterocycles. The van der Waals surface area contributed by atoms with Crippen LogP contribution in [0.5, 0.6) is 0 Å². The Morgan fingerprint density at radius 1 is 1.00 bits per heavy atom. The number of amides is 1. The van der Waals surface area contributed by atoms with Gasteiger partial charge in [0.1, 0.15) is 0 Å². The van der Waals surface area contributed by atoms with Gasteiger partial charge in [-0.1, -0.05) is 12.1 Å². The average molecular weight is 370 g/mol. The first-order valence-corrected chi connectivity index (χ1v) is 9.26. The zero-order valence-electron chi connectivity index (χ0n) is 14.3. The number of carbonyl (C=O) groups excluding carboxylic acids is 1. The Labute approximate surface area is 151 Å². The highest BCUT2D eigenvalue weighted by Crippen LogP contribution is 2.20. The maximum absolute atomic E-state index is 12.3. The molecule has 0 fully saturated rings. The summed E-state index contributed by atoms with van der Waals surface area (Å²) < 4.78 is 25.2. The van der Waals surface area contributed by atoms with E-state index in [9.17, 15) is 13.2 Å². The number of carbonyl (C=O) groups is 1. The van der Waals surface area contributed by atoms with Crippen molar-refractivity contribution in [2.45, 2.75) is 4.90 Å². The van der Waals surface area contributed by atoms with Crippen LogP contribution in [0.4, 0.5) is 5.69 Å². The standard InChI is InChI=1S/C18H18N4O3S/c1-22(2)26(24,25)16-9-5-14(6-10-16)18(23)20-15-7-3-13(4-8-15)17-11-12-19-21-17/h3-12H,1-2H3,(H,19,21)(H,20,23). The molecule has 0 atom stereocenters. The molecule has 0 bridgehead atoms.